The lowest BCUT2D eigenvalue weighted by Crippen LogP contribution is -2.21. The van der Waals surface area contributed by atoms with Gasteiger partial charge >= 0.3 is 6.18 Å². The monoisotopic (exact) mass is 411 g/mol. The normalized spacial score (nSPS) is 10.9. The molecule has 29 heavy (non-hydrogen) atoms. The Balaban J connectivity index is 2.14. The van der Waals surface area contributed by atoms with Gasteiger partial charge in [-0.05, 0) is 42.8 Å². The Bertz CT molecular complexity index is 868. The number of rotatable bonds is 9. The van der Waals surface area contributed by atoms with Gasteiger partial charge in [0.25, 0.3) is 5.91 Å². The molecule has 0 aliphatic heterocycles. The van der Waals surface area contributed by atoms with Gasteiger partial charge < -0.3 is 19.5 Å². The predicted molar refractivity (Wildman–Crippen MR) is 99.7 cm³/mol. The second-order valence-electron chi connectivity index (χ2n) is 5.92. The first-order valence-electron chi connectivity index (χ1n) is 8.68. The number of carbonyl (C=O) groups is 2. The molecule has 0 spiro atoms. The molecule has 1 N–H and O–H groups in total. The van der Waals surface area contributed by atoms with Crippen molar-refractivity contribution < 1.29 is 37.0 Å². The number of aldehydes is 1. The summed E-state index contributed by atoms with van der Waals surface area (Å²) in [6.45, 7) is 1.60. The summed E-state index contributed by atoms with van der Waals surface area (Å²) in [6, 6.07) is 7.27. The Labute approximate surface area is 165 Å². The first kappa shape index (κ1) is 22.1. The van der Waals surface area contributed by atoms with Crippen molar-refractivity contribution in [1.29, 1.82) is 0 Å². The fraction of sp³-hybridized carbons (Fsp3) is 0.300. The number of ether oxygens (including phenoxy) is 3. The maximum absolute atomic E-state index is 13.0. The van der Waals surface area contributed by atoms with Crippen LogP contribution in [0.5, 0.6) is 17.2 Å². The van der Waals surface area contributed by atoms with Crippen molar-refractivity contribution in [2.45, 2.75) is 19.5 Å². The fourth-order valence-corrected chi connectivity index (χ4v) is 2.35. The van der Waals surface area contributed by atoms with Gasteiger partial charge in [0.05, 0.1) is 30.5 Å². The van der Waals surface area contributed by atoms with Gasteiger partial charge in [-0.15, -0.1) is 0 Å². The summed E-state index contributed by atoms with van der Waals surface area (Å²) < 4.78 is 54.7. The number of carbonyl (C=O) groups excluding carboxylic acids is 2. The molecule has 0 unspecified atom stereocenters. The van der Waals surface area contributed by atoms with E-state index in [4.69, 9.17) is 14.2 Å². The lowest BCUT2D eigenvalue weighted by Gasteiger charge is -2.15. The molecule has 2 rings (SSSR count). The topological polar surface area (TPSA) is 73.9 Å². The molecule has 0 atom stereocenters. The van der Waals surface area contributed by atoms with Crippen molar-refractivity contribution >= 4 is 17.9 Å². The molecular weight excluding hydrogens is 391 g/mol. The van der Waals surface area contributed by atoms with Crippen LogP contribution in [-0.4, -0.2) is 32.5 Å². The van der Waals surface area contributed by atoms with Crippen LogP contribution in [0.1, 0.15) is 29.3 Å². The van der Waals surface area contributed by atoms with Gasteiger partial charge in [0.15, 0.2) is 12.9 Å². The van der Waals surface area contributed by atoms with E-state index in [1.807, 2.05) is 6.92 Å². The molecule has 6 nitrogen and oxygen atoms in total. The largest absolute Gasteiger partial charge is 0.497 e. The van der Waals surface area contributed by atoms with Crippen LogP contribution in [0.3, 0.4) is 0 Å². The lowest BCUT2D eigenvalue weighted by atomic mass is 10.1. The number of anilines is 1. The van der Waals surface area contributed by atoms with Crippen LogP contribution in [0.2, 0.25) is 0 Å². The number of methoxy groups -OCH3 is 1. The highest BCUT2D eigenvalue weighted by Crippen LogP contribution is 2.35. The summed E-state index contributed by atoms with van der Waals surface area (Å²) in [4.78, 5) is 23.4. The molecule has 156 valence electrons. The molecule has 0 saturated carbocycles. The summed E-state index contributed by atoms with van der Waals surface area (Å²) in [5.74, 6) is -0.0161. The van der Waals surface area contributed by atoms with Gasteiger partial charge in [0, 0.05) is 0 Å². The molecule has 0 bridgehead atoms. The molecule has 1 amide bonds. The van der Waals surface area contributed by atoms with Crippen LogP contribution >= 0.6 is 0 Å². The van der Waals surface area contributed by atoms with Crippen molar-refractivity contribution in [3.8, 4) is 17.2 Å². The second-order valence-corrected chi connectivity index (χ2v) is 5.92. The fourth-order valence-electron chi connectivity index (χ4n) is 2.35. The van der Waals surface area contributed by atoms with Gasteiger partial charge in [-0.3, -0.25) is 9.59 Å². The summed E-state index contributed by atoms with van der Waals surface area (Å²) >= 11 is 0. The van der Waals surface area contributed by atoms with E-state index in [1.165, 1.54) is 19.2 Å². The minimum atomic E-state index is -4.57. The number of halogens is 3. The molecule has 0 heterocycles. The second kappa shape index (κ2) is 9.81. The SMILES string of the molecule is CCCOc1ccc(C(F)(F)F)cc1NC(=O)COc1ccc(OC)cc1C=O. The highest BCUT2D eigenvalue weighted by molar-refractivity contribution is 5.93. The molecule has 0 aliphatic carbocycles. The van der Waals surface area contributed by atoms with Gasteiger partial charge in [-0.1, -0.05) is 6.92 Å². The number of alkyl halides is 3. The van der Waals surface area contributed by atoms with E-state index in [-0.39, 0.29) is 29.4 Å². The number of amides is 1. The van der Waals surface area contributed by atoms with Gasteiger partial charge in [0.1, 0.15) is 17.2 Å². The van der Waals surface area contributed by atoms with E-state index in [0.29, 0.717) is 18.5 Å². The molecule has 2 aromatic rings. The van der Waals surface area contributed by atoms with Crippen LogP contribution < -0.4 is 19.5 Å². The number of hydrogen-bond donors (Lipinski definition) is 1. The third-order valence-corrected chi connectivity index (χ3v) is 3.75. The first-order chi connectivity index (χ1) is 13.8. The average Bonchev–Trinajstić information content (AvgIpc) is 2.70. The van der Waals surface area contributed by atoms with E-state index in [2.05, 4.69) is 5.32 Å². The predicted octanol–water partition coefficient (Wildman–Crippen LogP) is 4.33. The minimum Gasteiger partial charge on any atom is -0.497 e. The Morgan fingerprint density at radius 3 is 2.45 bits per heavy atom. The Kier molecular flexibility index (Phi) is 7.46. The highest BCUT2D eigenvalue weighted by Gasteiger charge is 2.31. The van der Waals surface area contributed by atoms with Gasteiger partial charge in [-0.25, -0.2) is 0 Å². The zero-order valence-electron chi connectivity index (χ0n) is 15.8. The standard InChI is InChI=1S/C20H20F3NO5/c1-3-8-28-18-6-4-14(20(21,22)23)10-16(18)24-19(26)12-29-17-7-5-15(27-2)9-13(17)11-25/h4-7,9-11H,3,8,12H2,1-2H3,(H,24,26). The summed E-state index contributed by atoms with van der Waals surface area (Å²) in [5, 5.41) is 2.36. The third kappa shape index (κ3) is 6.13. The van der Waals surface area contributed by atoms with Crippen molar-refractivity contribution in [1.82, 2.24) is 0 Å². The van der Waals surface area contributed by atoms with E-state index in [0.717, 1.165) is 18.2 Å². The Hall–Kier alpha value is -3.23. The highest BCUT2D eigenvalue weighted by atomic mass is 19.4. The van der Waals surface area contributed by atoms with Crippen molar-refractivity contribution in [2.75, 3.05) is 25.6 Å². The summed E-state index contributed by atoms with van der Waals surface area (Å²) in [5.41, 5.74) is -0.869. The molecule has 0 radical (unpaired) electrons. The van der Waals surface area contributed by atoms with Gasteiger partial charge in [-0.2, -0.15) is 13.2 Å². The summed E-state index contributed by atoms with van der Waals surface area (Å²) in [6.07, 6.45) is -3.38. The van der Waals surface area contributed by atoms with Crippen LogP contribution in [0, 0.1) is 0 Å². The zero-order chi connectivity index (χ0) is 21.4. The lowest BCUT2D eigenvalue weighted by molar-refractivity contribution is -0.137. The molecule has 0 aliphatic rings. The molecular formula is C20H20F3NO5. The van der Waals surface area contributed by atoms with Crippen molar-refractivity contribution in [2.24, 2.45) is 0 Å². The molecule has 2 aromatic carbocycles. The number of nitrogens with one attached hydrogen (secondary N) is 1. The van der Waals surface area contributed by atoms with Gasteiger partial charge in [0.2, 0.25) is 0 Å². The quantitative estimate of drug-likeness (QED) is 0.622. The average molecular weight is 411 g/mol. The van der Waals surface area contributed by atoms with Crippen LogP contribution in [0.25, 0.3) is 0 Å². The number of benzene rings is 2. The maximum Gasteiger partial charge on any atom is 0.416 e. The smallest absolute Gasteiger partial charge is 0.416 e. The van der Waals surface area contributed by atoms with Crippen LogP contribution in [0.15, 0.2) is 36.4 Å². The zero-order valence-corrected chi connectivity index (χ0v) is 15.8. The molecule has 0 fully saturated rings. The van der Waals surface area contributed by atoms with Crippen molar-refractivity contribution in [3.05, 3.63) is 47.5 Å². The van der Waals surface area contributed by atoms with Crippen LogP contribution in [0.4, 0.5) is 18.9 Å². The molecule has 9 heteroatoms. The van der Waals surface area contributed by atoms with E-state index in [9.17, 15) is 22.8 Å². The molecule has 0 saturated heterocycles. The van der Waals surface area contributed by atoms with Crippen molar-refractivity contribution in [3.63, 3.8) is 0 Å². The minimum absolute atomic E-state index is 0.117. The summed E-state index contributed by atoms with van der Waals surface area (Å²) in [7, 11) is 1.44. The van der Waals surface area contributed by atoms with E-state index in [1.54, 1.807) is 6.07 Å². The first-order valence-corrected chi connectivity index (χ1v) is 8.68. The number of hydrogen-bond acceptors (Lipinski definition) is 5. The Morgan fingerprint density at radius 1 is 1.10 bits per heavy atom. The Morgan fingerprint density at radius 2 is 1.83 bits per heavy atom. The van der Waals surface area contributed by atoms with E-state index >= 15 is 0 Å². The molecule has 0 aromatic heterocycles. The van der Waals surface area contributed by atoms with E-state index < -0.39 is 24.3 Å². The third-order valence-electron chi connectivity index (χ3n) is 3.75. The maximum atomic E-state index is 13.0. The van der Waals surface area contributed by atoms with Crippen LogP contribution in [-0.2, 0) is 11.0 Å².